The van der Waals surface area contributed by atoms with Gasteiger partial charge in [-0.05, 0) is 74.2 Å². The Labute approximate surface area is 351 Å². The first-order valence-electron chi connectivity index (χ1n) is 23.4. The number of esters is 2. The van der Waals surface area contributed by atoms with Crippen molar-refractivity contribution in [2.75, 3.05) is 13.2 Å². The minimum Gasteiger partial charge on any atom is -0.494 e. The summed E-state index contributed by atoms with van der Waals surface area (Å²) in [6, 6.07) is 12.3. The van der Waals surface area contributed by atoms with Gasteiger partial charge in [-0.1, -0.05) is 168 Å². The van der Waals surface area contributed by atoms with E-state index in [9.17, 15) is 19.2 Å². The second-order valence-corrected chi connectivity index (χ2v) is 15.9. The van der Waals surface area contributed by atoms with Gasteiger partial charge in [-0.2, -0.15) is 0 Å². The van der Waals surface area contributed by atoms with E-state index in [4.69, 9.17) is 18.9 Å². The summed E-state index contributed by atoms with van der Waals surface area (Å²) < 4.78 is 22.4. The maximum Gasteiger partial charge on any atom is 0.311 e. The molecule has 0 saturated carbocycles. The maximum atomic E-state index is 12.5. The van der Waals surface area contributed by atoms with Gasteiger partial charge in [0.05, 0.1) is 13.2 Å². The van der Waals surface area contributed by atoms with E-state index >= 15 is 0 Å². The fourth-order valence-electron chi connectivity index (χ4n) is 6.94. The zero-order valence-electron chi connectivity index (χ0n) is 36.5. The van der Waals surface area contributed by atoms with Crippen LogP contribution in [0.4, 0.5) is 0 Å². The molecule has 0 saturated heterocycles. The van der Waals surface area contributed by atoms with Gasteiger partial charge in [0.15, 0.2) is 11.5 Å². The summed E-state index contributed by atoms with van der Waals surface area (Å²) >= 11 is 0. The number of rotatable bonds is 37. The van der Waals surface area contributed by atoms with Crippen molar-refractivity contribution in [3.8, 4) is 23.0 Å². The minimum atomic E-state index is -0.473. The van der Waals surface area contributed by atoms with Gasteiger partial charge in [-0.25, -0.2) is 0 Å². The lowest BCUT2D eigenvalue weighted by molar-refractivity contribution is -0.135. The van der Waals surface area contributed by atoms with Crippen LogP contribution in [0.15, 0.2) is 58.1 Å². The summed E-state index contributed by atoms with van der Waals surface area (Å²) in [6.45, 7) is 5.68. The Morgan fingerprint density at radius 1 is 0.362 bits per heavy atom. The second kappa shape index (κ2) is 35.3. The minimum absolute atomic E-state index is 0.0155. The van der Waals surface area contributed by atoms with E-state index in [1.54, 1.807) is 24.3 Å². The monoisotopic (exact) mass is 807 g/mol. The Morgan fingerprint density at radius 3 is 0.966 bits per heavy atom. The van der Waals surface area contributed by atoms with Crippen LogP contribution in [-0.2, 0) is 9.59 Å². The van der Waals surface area contributed by atoms with Crippen LogP contribution in [0.2, 0.25) is 0 Å². The largest absolute Gasteiger partial charge is 0.494 e. The number of unbranched alkanes of at least 4 members (excludes halogenated alkanes) is 25. The Morgan fingerprint density at radius 2 is 0.638 bits per heavy atom. The fourth-order valence-corrected chi connectivity index (χ4v) is 6.94. The first-order chi connectivity index (χ1) is 28.4. The van der Waals surface area contributed by atoms with E-state index in [1.165, 1.54) is 153 Å². The Balaban J connectivity index is 1.53. The van der Waals surface area contributed by atoms with Gasteiger partial charge >= 0.3 is 11.9 Å². The van der Waals surface area contributed by atoms with Crippen LogP contribution in [-0.4, -0.2) is 25.2 Å². The number of carbonyl (C=O) groups is 2. The first-order valence-corrected chi connectivity index (χ1v) is 23.4. The predicted molar refractivity (Wildman–Crippen MR) is 238 cm³/mol. The molecule has 0 heterocycles. The molecule has 0 fully saturated rings. The Bertz CT molecular complexity index is 1360. The number of carbonyl (C=O) groups excluding carboxylic acids is 2. The van der Waals surface area contributed by atoms with Crippen molar-refractivity contribution in [3.63, 3.8) is 0 Å². The van der Waals surface area contributed by atoms with E-state index < -0.39 is 11.9 Å². The normalized spacial score (nSPS) is 11.0. The number of hydrogen-bond acceptors (Lipinski definition) is 8. The van der Waals surface area contributed by atoms with Crippen LogP contribution in [0.3, 0.4) is 0 Å². The molecule has 2 rings (SSSR count). The predicted octanol–water partition coefficient (Wildman–Crippen LogP) is 13.4. The van der Waals surface area contributed by atoms with Gasteiger partial charge in [0.25, 0.3) is 0 Å². The molecule has 0 spiro atoms. The van der Waals surface area contributed by atoms with Gasteiger partial charge < -0.3 is 18.9 Å². The third-order valence-electron chi connectivity index (χ3n) is 10.6. The van der Waals surface area contributed by atoms with E-state index in [2.05, 4.69) is 13.8 Å². The van der Waals surface area contributed by atoms with Crippen molar-refractivity contribution in [1.82, 2.24) is 0 Å². The molecule has 0 aliphatic rings. The van der Waals surface area contributed by atoms with Crippen molar-refractivity contribution in [2.45, 2.75) is 206 Å². The molecular formula is C50H78O8. The molecule has 0 amide bonds. The quantitative estimate of drug-likeness (QED) is 0.0491. The van der Waals surface area contributed by atoms with Crippen LogP contribution < -0.4 is 29.8 Å². The average Bonchev–Trinajstić information content (AvgIpc) is 3.50. The Hall–Kier alpha value is -3.68. The van der Waals surface area contributed by atoms with Crippen molar-refractivity contribution in [1.29, 1.82) is 0 Å². The third kappa shape index (κ3) is 27.1. The Kier molecular flexibility index (Phi) is 30.7. The summed E-state index contributed by atoms with van der Waals surface area (Å²) in [7, 11) is 0. The smallest absolute Gasteiger partial charge is 0.311 e. The van der Waals surface area contributed by atoms with E-state index in [1.807, 2.05) is 0 Å². The summed E-state index contributed by atoms with van der Waals surface area (Å²) in [5.41, 5.74) is -0.752. The van der Waals surface area contributed by atoms with E-state index in [0.717, 1.165) is 25.7 Å². The molecule has 326 valence electrons. The van der Waals surface area contributed by atoms with E-state index in [0.29, 0.717) is 50.4 Å². The highest BCUT2D eigenvalue weighted by molar-refractivity contribution is 5.72. The molecule has 0 aromatic heterocycles. The lowest BCUT2D eigenvalue weighted by Gasteiger charge is -2.05. The molecular weight excluding hydrogens is 729 g/mol. The summed E-state index contributed by atoms with van der Waals surface area (Å²) in [4.78, 5) is 49.9. The summed E-state index contributed by atoms with van der Waals surface area (Å²) in [6.07, 6.45) is 33.6. The SMILES string of the molecule is CCCCCCCCCCCCCCOc1ccc(OC(=O)CCCCCCC(=O)Oc2ccc(OCCCCCCCCCCCCCC)ccc2=O)c(=O)cc1. The number of ether oxygens (including phenoxy) is 4. The molecule has 2 aromatic rings. The highest BCUT2D eigenvalue weighted by Crippen LogP contribution is 2.17. The van der Waals surface area contributed by atoms with Crippen molar-refractivity contribution >= 4 is 11.9 Å². The standard InChI is InChI=1S/C50H78O8/c1-3-5-7-9-11-13-15-17-19-21-25-29-41-55-43-33-37-45(51)47(39-35-43)57-49(53)31-27-23-24-28-32-50(54)58-48-40-36-44(34-38-46(48)52)56-42-30-26-22-20-18-16-14-12-10-8-6-4-2/h33-40H,3-32,41-42H2,1-2H3. The van der Waals surface area contributed by atoms with Crippen molar-refractivity contribution in [2.24, 2.45) is 0 Å². The topological polar surface area (TPSA) is 105 Å². The first kappa shape index (κ1) is 50.5. The molecule has 0 radical (unpaired) electrons. The van der Waals surface area contributed by atoms with E-state index in [-0.39, 0.29) is 35.2 Å². The van der Waals surface area contributed by atoms with Gasteiger partial charge in [0.1, 0.15) is 11.5 Å². The molecule has 0 N–H and O–H groups in total. The van der Waals surface area contributed by atoms with Crippen LogP contribution in [0.5, 0.6) is 23.0 Å². The van der Waals surface area contributed by atoms with Crippen LogP contribution in [0, 0.1) is 0 Å². The molecule has 0 unspecified atom stereocenters. The summed E-state index contributed by atoms with van der Waals surface area (Å²) in [5, 5.41) is 0. The molecule has 0 aliphatic heterocycles. The lowest BCUT2D eigenvalue weighted by Crippen LogP contribution is -2.13. The molecule has 0 aliphatic carbocycles. The van der Waals surface area contributed by atoms with Crippen molar-refractivity contribution in [3.05, 3.63) is 69.0 Å². The van der Waals surface area contributed by atoms with Gasteiger partial charge in [-0.15, -0.1) is 0 Å². The number of hydrogen-bond donors (Lipinski definition) is 0. The van der Waals surface area contributed by atoms with Gasteiger partial charge in [-0.3, -0.25) is 19.2 Å². The molecule has 8 nitrogen and oxygen atoms in total. The second-order valence-electron chi connectivity index (χ2n) is 15.9. The highest BCUT2D eigenvalue weighted by Gasteiger charge is 2.10. The zero-order chi connectivity index (χ0) is 41.7. The molecule has 8 heteroatoms. The van der Waals surface area contributed by atoms with Gasteiger partial charge in [0, 0.05) is 12.8 Å². The molecule has 58 heavy (non-hydrogen) atoms. The molecule has 0 atom stereocenters. The fraction of sp³-hybridized carbons (Fsp3) is 0.680. The van der Waals surface area contributed by atoms with Crippen LogP contribution in [0.1, 0.15) is 206 Å². The zero-order valence-corrected chi connectivity index (χ0v) is 36.5. The average molecular weight is 807 g/mol. The highest BCUT2D eigenvalue weighted by atomic mass is 16.5. The molecule has 2 aromatic carbocycles. The maximum absolute atomic E-state index is 12.5. The van der Waals surface area contributed by atoms with Gasteiger partial charge in [0.2, 0.25) is 10.9 Å². The van der Waals surface area contributed by atoms with Crippen LogP contribution in [0.25, 0.3) is 0 Å². The van der Waals surface area contributed by atoms with Crippen LogP contribution >= 0.6 is 0 Å². The summed E-state index contributed by atoms with van der Waals surface area (Å²) in [5.74, 6) is 0.176. The third-order valence-corrected chi connectivity index (χ3v) is 10.6. The lowest BCUT2D eigenvalue weighted by atomic mass is 10.1. The van der Waals surface area contributed by atoms with Crippen molar-refractivity contribution < 1.29 is 28.5 Å². The molecule has 0 bridgehead atoms.